The number of hydrogen-bond donors (Lipinski definition) is 0. The molecular weight excluding hydrogens is 358 g/mol. The molecule has 27 heavy (non-hydrogen) atoms. The van der Waals surface area contributed by atoms with Crippen LogP contribution in [0.5, 0.6) is 0 Å². The summed E-state index contributed by atoms with van der Waals surface area (Å²) in [5.74, 6) is 0. The molecule has 2 saturated heterocycles. The van der Waals surface area contributed by atoms with Crippen LogP contribution in [0.15, 0.2) is 67.3 Å². The predicted molar refractivity (Wildman–Crippen MR) is 110 cm³/mol. The van der Waals surface area contributed by atoms with Crippen LogP contribution in [0.2, 0.25) is 0 Å². The first-order chi connectivity index (χ1) is 13.0. The summed E-state index contributed by atoms with van der Waals surface area (Å²) in [6.45, 7) is 11.6. The van der Waals surface area contributed by atoms with E-state index in [1.54, 1.807) is 6.20 Å². The van der Waals surface area contributed by atoms with Crippen LogP contribution in [0.1, 0.15) is 5.69 Å². The average molecular weight is 383 g/mol. The van der Waals surface area contributed by atoms with Gasteiger partial charge in [-0.15, -0.1) is 0 Å². The summed E-state index contributed by atoms with van der Waals surface area (Å²) >= 11 is 0. The van der Waals surface area contributed by atoms with Gasteiger partial charge in [0.1, 0.15) is 18.5 Å². The molecule has 0 radical (unpaired) electrons. The predicted octanol–water partition coefficient (Wildman–Crippen LogP) is 4.20. The molecule has 0 aromatic carbocycles. The van der Waals surface area contributed by atoms with Gasteiger partial charge in [-0.1, -0.05) is 23.4 Å². The van der Waals surface area contributed by atoms with Crippen molar-refractivity contribution < 1.29 is 4.20 Å². The Morgan fingerprint density at radius 3 is 2.44 bits per heavy atom. The minimum atomic E-state index is -2.02. The van der Waals surface area contributed by atoms with Gasteiger partial charge in [0.05, 0.1) is 35.9 Å². The number of piperazine rings is 1. The minimum absolute atomic E-state index is 0.703. The highest BCUT2D eigenvalue weighted by atomic mass is 31.2. The van der Waals surface area contributed by atoms with E-state index in [9.17, 15) is 4.20 Å². The van der Waals surface area contributed by atoms with Crippen molar-refractivity contribution in [2.45, 2.75) is 6.54 Å². The first-order valence-corrected chi connectivity index (χ1v) is 11.6. The first kappa shape index (κ1) is 18.1. The Bertz CT molecular complexity index is 833. The second kappa shape index (κ2) is 7.40. The molecule has 0 unspecified atom stereocenters. The molecule has 2 aromatic heterocycles. The smallest absolute Gasteiger partial charge is 0.211 e. The highest BCUT2D eigenvalue weighted by Gasteiger charge is 2.54. The number of nitrogens with zero attached hydrogens (tertiary/aromatic N) is 4. The zero-order chi connectivity index (χ0) is 18.9. The van der Waals surface area contributed by atoms with Crippen LogP contribution < -0.4 is 0 Å². The summed E-state index contributed by atoms with van der Waals surface area (Å²) in [5, 5.41) is 0. The van der Waals surface area contributed by atoms with E-state index in [0.29, 0.717) is 12.7 Å². The third-order valence-corrected chi connectivity index (χ3v) is 7.77. The van der Waals surface area contributed by atoms with Gasteiger partial charge in [0, 0.05) is 31.0 Å². The molecule has 2 aliphatic rings. The van der Waals surface area contributed by atoms with E-state index in [1.165, 1.54) is 0 Å². The van der Waals surface area contributed by atoms with Crippen molar-refractivity contribution in [3.63, 3.8) is 0 Å². The molecule has 0 spiro atoms. The maximum Gasteiger partial charge on any atom is 0.211 e. The Labute approximate surface area is 160 Å². The highest BCUT2D eigenvalue weighted by Crippen LogP contribution is 2.73. The van der Waals surface area contributed by atoms with Gasteiger partial charge < -0.3 is 9.80 Å². The van der Waals surface area contributed by atoms with Crippen molar-refractivity contribution in [1.29, 1.82) is 0 Å². The molecule has 2 aliphatic heterocycles. The lowest BCUT2D eigenvalue weighted by Crippen LogP contribution is -2.43. The maximum atomic E-state index is 14.0. The van der Waals surface area contributed by atoms with Gasteiger partial charge in [-0.25, -0.2) is 0 Å². The maximum absolute atomic E-state index is 14.0. The Balaban J connectivity index is 1.36. The van der Waals surface area contributed by atoms with Gasteiger partial charge in [-0.2, -0.15) is 0 Å². The fraction of sp³-hybridized carbons (Fsp3) is 0.333. The molecule has 4 nitrogen and oxygen atoms in total. The molecule has 0 N–H and O–H groups in total. The monoisotopic (exact) mass is 383 g/mol. The topological polar surface area (TPSA) is 32.3 Å². The van der Waals surface area contributed by atoms with Crippen LogP contribution in [-0.4, -0.2) is 57.9 Å². The molecule has 2 fully saturated rings. The second-order valence-corrected chi connectivity index (χ2v) is 10.7. The van der Waals surface area contributed by atoms with Crippen LogP contribution >= 0.6 is 7.57 Å². The average Bonchev–Trinajstić information content (AvgIpc) is 3.44. The second-order valence-electron chi connectivity index (χ2n) is 7.26. The third-order valence-electron chi connectivity index (χ3n) is 5.35. The quantitative estimate of drug-likeness (QED) is 0.700. The van der Waals surface area contributed by atoms with E-state index in [2.05, 4.69) is 39.0 Å². The van der Waals surface area contributed by atoms with Crippen molar-refractivity contribution in [2.24, 2.45) is 0 Å². The van der Waals surface area contributed by atoms with Crippen molar-refractivity contribution in [1.82, 2.24) is 19.8 Å². The number of rotatable bonds is 6. The number of pyridine rings is 2. The van der Waals surface area contributed by atoms with Crippen molar-refractivity contribution in [3.8, 4) is 11.3 Å². The Morgan fingerprint density at radius 1 is 1.00 bits per heavy atom. The molecule has 4 heterocycles. The van der Waals surface area contributed by atoms with E-state index in [-0.39, 0.29) is 0 Å². The van der Waals surface area contributed by atoms with Gasteiger partial charge >= 0.3 is 0 Å². The molecule has 2 aromatic rings. The van der Waals surface area contributed by atoms with Gasteiger partial charge in [-0.3, -0.25) is 9.97 Å². The van der Waals surface area contributed by atoms with Crippen LogP contribution in [0.25, 0.3) is 11.3 Å². The molecule has 0 atom stereocenters. The van der Waals surface area contributed by atoms with Gasteiger partial charge in [-0.05, 0) is 24.3 Å². The van der Waals surface area contributed by atoms with Crippen LogP contribution in [0, 0.1) is 0 Å². The summed E-state index contributed by atoms with van der Waals surface area (Å²) in [6, 6.07) is 9.95. The summed E-state index contributed by atoms with van der Waals surface area (Å²) in [7, 11) is -2.02. The zero-order valence-electron chi connectivity index (χ0n) is 15.5. The van der Waals surface area contributed by atoms with Crippen molar-refractivity contribution >= 4 is 7.57 Å². The van der Waals surface area contributed by atoms with E-state index in [4.69, 9.17) is 0 Å². The summed E-state index contributed by atoms with van der Waals surface area (Å²) in [5.41, 5.74) is 4.76. The normalized spacial score (nSPS) is 18.7. The molecule has 0 saturated carbocycles. The largest absolute Gasteiger partial charge is 0.365 e. The molecule has 4 rings (SSSR count). The fourth-order valence-electron chi connectivity index (χ4n) is 3.33. The lowest BCUT2D eigenvalue weighted by Gasteiger charge is -2.40. The highest BCUT2D eigenvalue weighted by molar-refractivity contribution is 7.78. The Kier molecular flexibility index (Phi) is 4.96. The van der Waals surface area contributed by atoms with E-state index in [0.717, 1.165) is 60.3 Å². The molecular formula is C21H25FN4P+. The van der Waals surface area contributed by atoms with Gasteiger partial charge in [0.15, 0.2) is 0 Å². The number of halogens is 1. The summed E-state index contributed by atoms with van der Waals surface area (Å²) < 4.78 is 14.0. The van der Waals surface area contributed by atoms with Gasteiger partial charge in [0.25, 0.3) is 0 Å². The lowest BCUT2D eigenvalue weighted by molar-refractivity contribution is 0.220. The Hall–Kier alpha value is -2.26. The van der Waals surface area contributed by atoms with Crippen molar-refractivity contribution in [2.75, 3.05) is 38.1 Å². The molecule has 0 aliphatic carbocycles. The van der Waals surface area contributed by atoms with Crippen LogP contribution in [-0.2, 0) is 6.54 Å². The molecule has 0 amide bonds. The number of hydrogen-bond acceptors (Lipinski definition) is 4. The lowest BCUT2D eigenvalue weighted by atomic mass is 10.1. The summed E-state index contributed by atoms with van der Waals surface area (Å²) in [4.78, 5) is 13.3. The molecule has 140 valence electrons. The third kappa shape index (κ3) is 4.19. The van der Waals surface area contributed by atoms with E-state index < -0.39 is 7.57 Å². The molecule has 0 bridgehead atoms. The van der Waals surface area contributed by atoms with Crippen LogP contribution in [0.3, 0.4) is 0 Å². The number of aromatic nitrogens is 2. The van der Waals surface area contributed by atoms with Crippen molar-refractivity contribution in [3.05, 3.63) is 73.0 Å². The molecule has 6 heteroatoms. The van der Waals surface area contributed by atoms with E-state index >= 15 is 0 Å². The van der Waals surface area contributed by atoms with Gasteiger partial charge in [0.2, 0.25) is 7.57 Å². The first-order valence-electron chi connectivity index (χ1n) is 9.34. The zero-order valence-corrected chi connectivity index (χ0v) is 16.4. The Morgan fingerprint density at radius 2 is 1.78 bits per heavy atom. The van der Waals surface area contributed by atoms with Crippen LogP contribution in [0.4, 0.5) is 4.20 Å². The fourth-order valence-corrected chi connectivity index (χ4v) is 5.24. The SMILES string of the molecule is C=C1C(=C)N(Cc2ccc(-c3ccccn3)cn2)CCN1CC[P+]1(F)CC1. The minimum Gasteiger partial charge on any atom is -0.365 e. The standard InChI is InChI=1S/C21H25FN4P/c1-17-18(2)26(10-9-25(17)11-12-27(22)13-14-27)16-20-7-6-19(15-24-20)21-5-3-4-8-23-21/h3-8,15H,1-2,9-14,16H2/q+1. The van der Waals surface area contributed by atoms with E-state index in [1.807, 2.05) is 30.5 Å². The summed E-state index contributed by atoms with van der Waals surface area (Å²) in [6.07, 6.45) is 6.00.